The summed E-state index contributed by atoms with van der Waals surface area (Å²) in [5.74, 6) is 0.00656. The zero-order valence-electron chi connectivity index (χ0n) is 10.7. The van der Waals surface area contributed by atoms with Crippen LogP contribution in [0, 0.1) is 31.0 Å². The molecule has 2 rings (SSSR count). The number of rotatable bonds is 3. The minimum Gasteiger partial charge on any atom is -0.265 e. The lowest BCUT2D eigenvalue weighted by molar-refractivity contribution is 0.578. The molecule has 0 saturated heterocycles. The standard InChI is InChI=1S/C14H13ClFN3/c1-9-13(6-15)10(2)19(18-9)8-12-4-3-11(7-17)5-14(12)16/h3-5H,6,8H2,1-2H3. The van der Waals surface area contributed by atoms with E-state index in [-0.39, 0.29) is 5.82 Å². The molecule has 0 aliphatic rings. The van der Waals surface area contributed by atoms with E-state index in [1.807, 2.05) is 19.9 Å². The molecule has 1 aromatic heterocycles. The summed E-state index contributed by atoms with van der Waals surface area (Å²) in [6.07, 6.45) is 0. The summed E-state index contributed by atoms with van der Waals surface area (Å²) in [5.41, 5.74) is 3.61. The molecule has 5 heteroatoms. The van der Waals surface area contributed by atoms with Crippen molar-refractivity contribution in [3.63, 3.8) is 0 Å². The third-order valence-corrected chi connectivity index (χ3v) is 3.43. The van der Waals surface area contributed by atoms with Crippen molar-refractivity contribution in [2.45, 2.75) is 26.3 Å². The van der Waals surface area contributed by atoms with Crippen molar-refractivity contribution in [1.29, 1.82) is 5.26 Å². The number of alkyl halides is 1. The molecule has 0 N–H and O–H groups in total. The lowest BCUT2D eigenvalue weighted by Crippen LogP contribution is -2.06. The van der Waals surface area contributed by atoms with Gasteiger partial charge in [0.15, 0.2) is 0 Å². The van der Waals surface area contributed by atoms with E-state index in [2.05, 4.69) is 5.10 Å². The van der Waals surface area contributed by atoms with Crippen LogP contribution in [0.25, 0.3) is 0 Å². The molecule has 0 fully saturated rings. The third-order valence-electron chi connectivity index (χ3n) is 3.17. The van der Waals surface area contributed by atoms with Gasteiger partial charge in [-0.2, -0.15) is 10.4 Å². The van der Waals surface area contributed by atoms with E-state index in [0.29, 0.717) is 23.6 Å². The number of nitrogens with zero attached hydrogens (tertiary/aromatic N) is 3. The van der Waals surface area contributed by atoms with E-state index >= 15 is 0 Å². The molecule has 0 bridgehead atoms. The highest BCUT2D eigenvalue weighted by molar-refractivity contribution is 6.17. The van der Waals surface area contributed by atoms with Crippen LogP contribution >= 0.6 is 11.6 Å². The molecule has 0 saturated carbocycles. The number of benzene rings is 1. The molecule has 0 aliphatic carbocycles. The molecule has 0 spiro atoms. The SMILES string of the molecule is Cc1nn(Cc2ccc(C#N)cc2F)c(C)c1CCl. The number of aryl methyl sites for hydroxylation is 1. The number of halogens is 2. The third kappa shape index (κ3) is 2.61. The molecule has 0 amide bonds. The van der Waals surface area contributed by atoms with Crippen molar-refractivity contribution in [2.24, 2.45) is 0 Å². The van der Waals surface area contributed by atoms with Crippen LogP contribution < -0.4 is 0 Å². The van der Waals surface area contributed by atoms with E-state index in [0.717, 1.165) is 17.0 Å². The highest BCUT2D eigenvalue weighted by atomic mass is 35.5. The number of hydrogen-bond donors (Lipinski definition) is 0. The van der Waals surface area contributed by atoms with Crippen LogP contribution in [-0.4, -0.2) is 9.78 Å². The zero-order valence-corrected chi connectivity index (χ0v) is 11.5. The Bertz CT molecular complexity index is 655. The number of nitriles is 1. The fourth-order valence-electron chi connectivity index (χ4n) is 1.99. The predicted molar refractivity (Wildman–Crippen MR) is 71.5 cm³/mol. The van der Waals surface area contributed by atoms with Gasteiger partial charge in [-0.25, -0.2) is 4.39 Å². The lowest BCUT2D eigenvalue weighted by atomic mass is 10.1. The molecule has 19 heavy (non-hydrogen) atoms. The van der Waals surface area contributed by atoms with E-state index < -0.39 is 0 Å². The molecular weight excluding hydrogens is 265 g/mol. The molecule has 98 valence electrons. The van der Waals surface area contributed by atoms with Gasteiger partial charge in [0.2, 0.25) is 0 Å². The summed E-state index contributed by atoms with van der Waals surface area (Å²) in [6, 6.07) is 6.37. The topological polar surface area (TPSA) is 41.6 Å². The average Bonchev–Trinajstić information content (AvgIpc) is 2.66. The van der Waals surface area contributed by atoms with Crippen molar-refractivity contribution in [3.8, 4) is 6.07 Å². The predicted octanol–water partition coefficient (Wildman–Crippen LogP) is 3.30. The fraction of sp³-hybridized carbons (Fsp3) is 0.286. The Balaban J connectivity index is 2.34. The van der Waals surface area contributed by atoms with Gasteiger partial charge in [-0.15, -0.1) is 11.6 Å². The van der Waals surface area contributed by atoms with Crippen LogP contribution in [0.3, 0.4) is 0 Å². The first kappa shape index (κ1) is 13.6. The van der Waals surface area contributed by atoms with E-state index in [9.17, 15) is 4.39 Å². The van der Waals surface area contributed by atoms with Gasteiger partial charge in [0, 0.05) is 16.8 Å². The van der Waals surface area contributed by atoms with Crippen molar-refractivity contribution in [3.05, 3.63) is 52.1 Å². The van der Waals surface area contributed by atoms with Crippen LogP contribution in [0.2, 0.25) is 0 Å². The Hall–Kier alpha value is -1.86. The highest BCUT2D eigenvalue weighted by Crippen LogP contribution is 2.18. The number of hydrogen-bond acceptors (Lipinski definition) is 2. The van der Waals surface area contributed by atoms with Gasteiger partial charge < -0.3 is 0 Å². The second-order valence-electron chi connectivity index (χ2n) is 4.36. The molecular formula is C14H13ClFN3. The minimum absolute atomic E-state index is 0.316. The largest absolute Gasteiger partial charge is 0.265 e. The van der Waals surface area contributed by atoms with Gasteiger partial charge in [0.05, 0.1) is 29.8 Å². The first-order valence-corrected chi connectivity index (χ1v) is 6.37. The quantitative estimate of drug-likeness (QED) is 0.808. The summed E-state index contributed by atoms with van der Waals surface area (Å²) in [6.45, 7) is 4.14. The molecule has 3 nitrogen and oxygen atoms in total. The molecule has 1 aromatic carbocycles. The first-order chi connectivity index (χ1) is 9.06. The first-order valence-electron chi connectivity index (χ1n) is 5.84. The fourth-order valence-corrected chi connectivity index (χ4v) is 2.37. The monoisotopic (exact) mass is 277 g/mol. The van der Waals surface area contributed by atoms with Crippen LogP contribution in [0.15, 0.2) is 18.2 Å². The number of aromatic nitrogens is 2. The second-order valence-corrected chi connectivity index (χ2v) is 4.63. The average molecular weight is 278 g/mol. The van der Waals surface area contributed by atoms with Crippen molar-refractivity contribution in [1.82, 2.24) is 9.78 Å². The van der Waals surface area contributed by atoms with Gasteiger partial charge in [-0.3, -0.25) is 4.68 Å². The molecule has 0 unspecified atom stereocenters. The summed E-state index contributed by atoms with van der Waals surface area (Å²) >= 11 is 5.86. The van der Waals surface area contributed by atoms with E-state index in [1.54, 1.807) is 16.8 Å². The molecule has 1 heterocycles. The minimum atomic E-state index is -0.390. The summed E-state index contributed by atoms with van der Waals surface area (Å²) < 4.78 is 15.6. The maximum absolute atomic E-state index is 13.8. The lowest BCUT2D eigenvalue weighted by Gasteiger charge is -2.06. The summed E-state index contributed by atoms with van der Waals surface area (Å²) in [5, 5.41) is 13.1. The van der Waals surface area contributed by atoms with Crippen LogP contribution in [0.4, 0.5) is 4.39 Å². The Kier molecular flexibility index (Phi) is 3.87. The highest BCUT2D eigenvalue weighted by Gasteiger charge is 2.12. The summed E-state index contributed by atoms with van der Waals surface area (Å²) in [4.78, 5) is 0. The second kappa shape index (κ2) is 5.41. The van der Waals surface area contributed by atoms with E-state index in [1.165, 1.54) is 6.07 Å². The Morgan fingerprint density at radius 2 is 2.16 bits per heavy atom. The zero-order chi connectivity index (χ0) is 14.0. The normalized spacial score (nSPS) is 10.5. The van der Waals surface area contributed by atoms with Gasteiger partial charge >= 0.3 is 0 Å². The Morgan fingerprint density at radius 1 is 1.42 bits per heavy atom. The summed E-state index contributed by atoms with van der Waals surface area (Å²) in [7, 11) is 0. The maximum Gasteiger partial charge on any atom is 0.129 e. The van der Waals surface area contributed by atoms with Crippen LogP contribution in [0.1, 0.15) is 28.1 Å². The maximum atomic E-state index is 13.8. The van der Waals surface area contributed by atoms with Gasteiger partial charge in [-0.1, -0.05) is 6.07 Å². The van der Waals surface area contributed by atoms with Gasteiger partial charge in [-0.05, 0) is 26.0 Å². The van der Waals surface area contributed by atoms with E-state index in [4.69, 9.17) is 16.9 Å². The van der Waals surface area contributed by atoms with Crippen molar-refractivity contribution < 1.29 is 4.39 Å². The molecule has 2 aromatic rings. The molecule has 0 aliphatic heterocycles. The van der Waals surface area contributed by atoms with Crippen LogP contribution in [0.5, 0.6) is 0 Å². The Morgan fingerprint density at radius 3 is 2.68 bits per heavy atom. The van der Waals surface area contributed by atoms with Gasteiger partial charge in [0.25, 0.3) is 0 Å². The smallest absolute Gasteiger partial charge is 0.129 e. The van der Waals surface area contributed by atoms with Crippen molar-refractivity contribution >= 4 is 11.6 Å². The van der Waals surface area contributed by atoms with Gasteiger partial charge in [0.1, 0.15) is 5.82 Å². The molecule has 0 radical (unpaired) electrons. The van der Waals surface area contributed by atoms with Crippen LogP contribution in [-0.2, 0) is 12.4 Å². The van der Waals surface area contributed by atoms with Crippen molar-refractivity contribution in [2.75, 3.05) is 0 Å². The molecule has 0 atom stereocenters. The Labute approximate surface area is 116 Å².